The summed E-state index contributed by atoms with van der Waals surface area (Å²) in [6, 6.07) is 9.21. The van der Waals surface area contributed by atoms with Gasteiger partial charge in [0.15, 0.2) is 0 Å². The lowest BCUT2D eigenvalue weighted by Crippen LogP contribution is -2.20. The van der Waals surface area contributed by atoms with E-state index in [2.05, 4.69) is 31.9 Å². The van der Waals surface area contributed by atoms with E-state index in [0.717, 1.165) is 9.15 Å². The van der Waals surface area contributed by atoms with Gasteiger partial charge in [0.1, 0.15) is 18.2 Å². The van der Waals surface area contributed by atoms with Gasteiger partial charge in [0.05, 0.1) is 22.0 Å². The molecule has 0 aliphatic rings. The fourth-order valence-corrected chi connectivity index (χ4v) is 2.88. The van der Waals surface area contributed by atoms with Crippen molar-refractivity contribution in [2.75, 3.05) is 6.61 Å². The van der Waals surface area contributed by atoms with E-state index < -0.39 is 4.92 Å². The Morgan fingerprint density at radius 1 is 1.39 bits per heavy atom. The number of halogens is 1. The number of aromatic nitrogens is 2. The van der Waals surface area contributed by atoms with Crippen LogP contribution in [0.25, 0.3) is 10.9 Å². The highest BCUT2D eigenvalue weighted by molar-refractivity contribution is 9.10. The van der Waals surface area contributed by atoms with Gasteiger partial charge in [-0.25, -0.2) is 4.98 Å². The third-order valence-electron chi connectivity index (χ3n) is 3.80. The van der Waals surface area contributed by atoms with Crippen molar-refractivity contribution < 1.29 is 9.66 Å². The summed E-state index contributed by atoms with van der Waals surface area (Å²) >= 11 is 3.33. The maximum Gasteiger partial charge on any atom is 0.282 e. The van der Waals surface area contributed by atoms with E-state index >= 15 is 0 Å². The Balaban J connectivity index is 2.11. The van der Waals surface area contributed by atoms with Crippen molar-refractivity contribution >= 4 is 38.7 Å². The molecule has 2 aromatic carbocycles. The normalized spacial score (nSPS) is 10.9. The molecule has 0 saturated heterocycles. The Hall–Kier alpha value is -3.51. The van der Waals surface area contributed by atoms with Crippen LogP contribution in [-0.2, 0) is 0 Å². The van der Waals surface area contributed by atoms with Gasteiger partial charge in [-0.15, -0.1) is 6.42 Å². The van der Waals surface area contributed by atoms with Gasteiger partial charge in [-0.1, -0.05) is 21.9 Å². The van der Waals surface area contributed by atoms with Crippen molar-refractivity contribution in [3.8, 4) is 18.1 Å². The molecule has 0 aliphatic carbocycles. The number of nitrogens with zero attached hydrogens (tertiary/aromatic N) is 4. The van der Waals surface area contributed by atoms with Crippen molar-refractivity contribution in [2.45, 2.75) is 6.92 Å². The second-order valence-electron chi connectivity index (χ2n) is 5.65. The zero-order valence-electron chi connectivity index (χ0n) is 14.6. The Bertz CT molecular complexity index is 1210. The van der Waals surface area contributed by atoms with Gasteiger partial charge in [-0.2, -0.15) is 9.78 Å². The summed E-state index contributed by atoms with van der Waals surface area (Å²) in [5.41, 5.74) is 0.353. The largest absolute Gasteiger partial charge is 0.480 e. The second-order valence-corrected chi connectivity index (χ2v) is 6.57. The summed E-state index contributed by atoms with van der Waals surface area (Å²) in [4.78, 5) is 27.7. The highest BCUT2D eigenvalue weighted by atomic mass is 79.9. The molecule has 3 aromatic rings. The lowest BCUT2D eigenvalue weighted by atomic mass is 10.2. The van der Waals surface area contributed by atoms with Crippen LogP contribution in [0.1, 0.15) is 11.4 Å². The summed E-state index contributed by atoms with van der Waals surface area (Å²) in [5.74, 6) is 3.01. The average Bonchev–Trinajstić information content (AvgIpc) is 2.67. The monoisotopic (exact) mass is 440 g/mol. The topological polar surface area (TPSA) is 99.6 Å². The van der Waals surface area contributed by atoms with Crippen molar-refractivity contribution in [1.82, 2.24) is 9.66 Å². The number of fused-ring (bicyclic) bond motifs is 1. The zero-order valence-corrected chi connectivity index (χ0v) is 16.2. The van der Waals surface area contributed by atoms with Crippen LogP contribution in [0.2, 0.25) is 0 Å². The van der Waals surface area contributed by atoms with E-state index in [1.165, 1.54) is 24.4 Å². The van der Waals surface area contributed by atoms with E-state index in [9.17, 15) is 14.9 Å². The smallest absolute Gasteiger partial charge is 0.282 e. The lowest BCUT2D eigenvalue weighted by Gasteiger charge is -2.08. The molecule has 0 bridgehead atoms. The Kier molecular flexibility index (Phi) is 5.52. The molecule has 9 heteroatoms. The van der Waals surface area contributed by atoms with Gasteiger partial charge in [-0.05, 0) is 31.2 Å². The Morgan fingerprint density at radius 3 is 2.89 bits per heavy atom. The fourth-order valence-electron chi connectivity index (χ4n) is 2.52. The third kappa shape index (κ3) is 3.92. The van der Waals surface area contributed by atoms with E-state index in [0.29, 0.717) is 28.0 Å². The number of hydrogen-bond donors (Lipinski definition) is 0. The van der Waals surface area contributed by atoms with Crippen LogP contribution in [0.4, 0.5) is 5.69 Å². The number of rotatable bonds is 5. The first-order valence-corrected chi connectivity index (χ1v) is 8.78. The first-order valence-electron chi connectivity index (χ1n) is 7.98. The highest BCUT2D eigenvalue weighted by Gasteiger charge is 2.12. The molecular formula is C19H13BrN4O4. The van der Waals surface area contributed by atoms with Crippen LogP contribution in [0, 0.1) is 29.4 Å². The van der Waals surface area contributed by atoms with E-state index in [1.807, 2.05) is 0 Å². The molecule has 0 fully saturated rings. The second kappa shape index (κ2) is 8.02. The molecule has 0 aliphatic heterocycles. The zero-order chi connectivity index (χ0) is 20.3. The molecule has 1 aromatic heterocycles. The molecule has 140 valence electrons. The highest BCUT2D eigenvalue weighted by Crippen LogP contribution is 2.23. The SMILES string of the molecule is C#CCOc1ccc([N+](=O)[O-])cc1C=Nn1c(C)nc2ccc(Br)cc2c1=O. The molecule has 0 amide bonds. The Labute approximate surface area is 167 Å². The molecular weight excluding hydrogens is 428 g/mol. The predicted octanol–water partition coefficient (Wildman–Crippen LogP) is 3.27. The first-order chi connectivity index (χ1) is 13.4. The van der Waals surface area contributed by atoms with Gasteiger partial charge in [0, 0.05) is 22.2 Å². The molecule has 0 unspecified atom stereocenters. The van der Waals surface area contributed by atoms with Crippen molar-refractivity contribution in [1.29, 1.82) is 0 Å². The molecule has 0 spiro atoms. The van der Waals surface area contributed by atoms with Crippen molar-refractivity contribution in [2.24, 2.45) is 5.10 Å². The van der Waals surface area contributed by atoms with Gasteiger partial charge in [0.2, 0.25) is 0 Å². The fraction of sp³-hybridized carbons (Fsp3) is 0.105. The van der Waals surface area contributed by atoms with Crippen LogP contribution < -0.4 is 10.3 Å². The molecule has 0 N–H and O–H groups in total. The molecule has 8 nitrogen and oxygen atoms in total. The van der Waals surface area contributed by atoms with Gasteiger partial charge >= 0.3 is 0 Å². The number of aryl methyl sites for hydroxylation is 1. The van der Waals surface area contributed by atoms with Crippen molar-refractivity contribution in [3.63, 3.8) is 0 Å². The number of nitro groups is 1. The molecule has 1 heterocycles. The molecule has 0 saturated carbocycles. The third-order valence-corrected chi connectivity index (χ3v) is 4.29. The number of nitro benzene ring substituents is 1. The van der Waals surface area contributed by atoms with E-state index in [4.69, 9.17) is 11.2 Å². The minimum atomic E-state index is -0.533. The summed E-state index contributed by atoms with van der Waals surface area (Å²) in [7, 11) is 0. The van der Waals surface area contributed by atoms with E-state index in [-0.39, 0.29) is 17.9 Å². The summed E-state index contributed by atoms with van der Waals surface area (Å²) in [5, 5.41) is 15.6. The number of benzene rings is 2. The number of hydrogen-bond acceptors (Lipinski definition) is 6. The number of terminal acetylenes is 1. The maximum absolute atomic E-state index is 12.8. The van der Waals surface area contributed by atoms with E-state index in [1.54, 1.807) is 25.1 Å². The van der Waals surface area contributed by atoms with Crippen LogP contribution in [0.15, 0.2) is 50.8 Å². The van der Waals surface area contributed by atoms with Crippen LogP contribution >= 0.6 is 15.9 Å². The maximum atomic E-state index is 12.8. The van der Waals surface area contributed by atoms with Gasteiger partial charge in [-0.3, -0.25) is 14.9 Å². The average molecular weight is 441 g/mol. The minimum absolute atomic E-state index is 0.0107. The molecule has 28 heavy (non-hydrogen) atoms. The minimum Gasteiger partial charge on any atom is -0.480 e. The summed E-state index contributed by atoms with van der Waals surface area (Å²) in [6.45, 7) is 1.63. The number of non-ortho nitro benzene ring substituents is 1. The van der Waals surface area contributed by atoms with Gasteiger partial charge in [0.25, 0.3) is 11.2 Å². The lowest BCUT2D eigenvalue weighted by molar-refractivity contribution is -0.384. The van der Waals surface area contributed by atoms with Crippen molar-refractivity contribution in [3.05, 3.63) is 72.7 Å². The standard InChI is InChI=1S/C19H13BrN4O4/c1-3-8-28-18-7-5-15(24(26)27)9-13(18)11-21-23-12(2)22-17-6-4-14(20)10-16(17)19(23)25/h1,4-7,9-11H,8H2,2H3. The molecule has 0 radical (unpaired) electrons. The first kappa shape index (κ1) is 19.3. The molecule has 0 atom stereocenters. The summed E-state index contributed by atoms with van der Waals surface area (Å²) in [6.07, 6.45) is 6.50. The molecule has 3 rings (SSSR count). The quantitative estimate of drug-likeness (QED) is 0.262. The van der Waals surface area contributed by atoms with Crippen LogP contribution in [0.3, 0.4) is 0 Å². The van der Waals surface area contributed by atoms with Crippen LogP contribution in [-0.4, -0.2) is 27.4 Å². The summed E-state index contributed by atoms with van der Waals surface area (Å²) < 4.78 is 7.26. The van der Waals surface area contributed by atoms with Crippen LogP contribution in [0.5, 0.6) is 5.75 Å². The predicted molar refractivity (Wildman–Crippen MR) is 109 cm³/mol. The Morgan fingerprint density at radius 2 is 2.18 bits per heavy atom. The van der Waals surface area contributed by atoms with Gasteiger partial charge < -0.3 is 4.74 Å². The number of ether oxygens (including phenoxy) is 1.